The fourth-order valence-corrected chi connectivity index (χ4v) is 1.76. The Kier molecular flexibility index (Phi) is 4.47. The topological polar surface area (TPSA) is 21.3 Å². The van der Waals surface area contributed by atoms with Crippen LogP contribution in [0.3, 0.4) is 0 Å². The van der Waals surface area contributed by atoms with Gasteiger partial charge in [0.15, 0.2) is 11.6 Å². The number of hydrogen-bond donors (Lipinski definition) is 1. The van der Waals surface area contributed by atoms with Crippen molar-refractivity contribution in [1.82, 2.24) is 5.32 Å². The molecule has 4 heteroatoms. The van der Waals surface area contributed by atoms with Crippen molar-refractivity contribution >= 4 is 0 Å². The first-order chi connectivity index (χ1) is 9.19. The summed E-state index contributed by atoms with van der Waals surface area (Å²) in [6.07, 6.45) is 0. The zero-order chi connectivity index (χ0) is 13.7. The summed E-state index contributed by atoms with van der Waals surface area (Å²) in [6, 6.07) is 10.9. The molecule has 0 unspecified atom stereocenters. The molecule has 0 aliphatic rings. The van der Waals surface area contributed by atoms with Crippen LogP contribution in [0.1, 0.15) is 11.1 Å². The van der Waals surface area contributed by atoms with Gasteiger partial charge in [0.1, 0.15) is 12.4 Å². The summed E-state index contributed by atoms with van der Waals surface area (Å²) < 4.78 is 32.1. The average Bonchev–Trinajstić information content (AvgIpc) is 2.38. The van der Waals surface area contributed by atoms with Gasteiger partial charge in [-0.2, -0.15) is 0 Å². The number of ether oxygens (including phenoxy) is 1. The molecule has 2 aromatic carbocycles. The highest BCUT2D eigenvalue weighted by molar-refractivity contribution is 5.29. The van der Waals surface area contributed by atoms with Crippen LogP contribution in [-0.2, 0) is 13.2 Å². The third kappa shape index (κ3) is 3.76. The largest absolute Gasteiger partial charge is 0.486 e. The Labute approximate surface area is 111 Å². The molecule has 2 aromatic rings. The van der Waals surface area contributed by atoms with Crippen LogP contribution in [0.4, 0.5) is 8.78 Å². The number of nitrogens with one attached hydrogen (secondary N) is 1. The zero-order valence-electron chi connectivity index (χ0n) is 10.6. The smallest absolute Gasteiger partial charge is 0.165 e. The standard InChI is InChI=1S/C15H15F2NO/c1-18-9-11-5-6-15(14(17)8-11)19-10-12-3-2-4-13(16)7-12/h2-8,18H,9-10H2,1H3. The Morgan fingerprint density at radius 2 is 1.89 bits per heavy atom. The minimum absolute atomic E-state index is 0.139. The second-order valence-corrected chi connectivity index (χ2v) is 4.21. The molecule has 0 saturated carbocycles. The van der Waals surface area contributed by atoms with Gasteiger partial charge in [0, 0.05) is 6.54 Å². The van der Waals surface area contributed by atoms with Crippen molar-refractivity contribution in [1.29, 1.82) is 0 Å². The quantitative estimate of drug-likeness (QED) is 0.894. The highest BCUT2D eigenvalue weighted by atomic mass is 19.1. The zero-order valence-corrected chi connectivity index (χ0v) is 10.6. The summed E-state index contributed by atoms with van der Waals surface area (Å²) in [5.74, 6) is -0.570. The van der Waals surface area contributed by atoms with Crippen LogP contribution < -0.4 is 10.1 Å². The third-order valence-electron chi connectivity index (χ3n) is 2.66. The van der Waals surface area contributed by atoms with E-state index in [0.717, 1.165) is 5.56 Å². The summed E-state index contributed by atoms with van der Waals surface area (Å²) in [4.78, 5) is 0. The molecular formula is C15H15F2NO. The van der Waals surface area contributed by atoms with E-state index in [1.54, 1.807) is 31.3 Å². The highest BCUT2D eigenvalue weighted by Gasteiger charge is 2.05. The molecule has 0 spiro atoms. The van der Waals surface area contributed by atoms with E-state index in [0.29, 0.717) is 12.1 Å². The minimum Gasteiger partial charge on any atom is -0.486 e. The van der Waals surface area contributed by atoms with Crippen molar-refractivity contribution in [2.24, 2.45) is 0 Å². The first-order valence-electron chi connectivity index (χ1n) is 5.99. The molecule has 19 heavy (non-hydrogen) atoms. The van der Waals surface area contributed by atoms with Crippen LogP contribution in [0.5, 0.6) is 5.75 Å². The highest BCUT2D eigenvalue weighted by Crippen LogP contribution is 2.19. The van der Waals surface area contributed by atoms with Crippen LogP contribution in [0.2, 0.25) is 0 Å². The van der Waals surface area contributed by atoms with Gasteiger partial charge in [-0.1, -0.05) is 18.2 Å². The lowest BCUT2D eigenvalue weighted by molar-refractivity contribution is 0.289. The number of rotatable bonds is 5. The van der Waals surface area contributed by atoms with Crippen LogP contribution in [0.15, 0.2) is 42.5 Å². The summed E-state index contributed by atoms with van der Waals surface area (Å²) >= 11 is 0. The fraction of sp³-hybridized carbons (Fsp3) is 0.200. The van der Waals surface area contributed by atoms with Crippen molar-refractivity contribution in [3.05, 3.63) is 65.2 Å². The molecule has 0 atom stereocenters. The number of hydrogen-bond acceptors (Lipinski definition) is 2. The van der Waals surface area contributed by atoms with Crippen molar-refractivity contribution in [3.63, 3.8) is 0 Å². The lowest BCUT2D eigenvalue weighted by Crippen LogP contribution is -2.05. The molecule has 0 fully saturated rings. The lowest BCUT2D eigenvalue weighted by Gasteiger charge is -2.09. The molecule has 0 aromatic heterocycles. The molecule has 0 aliphatic carbocycles. The van der Waals surface area contributed by atoms with E-state index >= 15 is 0 Å². The summed E-state index contributed by atoms with van der Waals surface area (Å²) in [7, 11) is 1.80. The van der Waals surface area contributed by atoms with Crippen molar-refractivity contribution in [2.45, 2.75) is 13.2 Å². The maximum Gasteiger partial charge on any atom is 0.165 e. The normalized spacial score (nSPS) is 10.5. The number of benzene rings is 2. The van der Waals surface area contributed by atoms with Crippen LogP contribution >= 0.6 is 0 Å². The van der Waals surface area contributed by atoms with Gasteiger partial charge >= 0.3 is 0 Å². The molecular weight excluding hydrogens is 248 g/mol. The van der Waals surface area contributed by atoms with Gasteiger partial charge in [0.2, 0.25) is 0 Å². The first kappa shape index (κ1) is 13.5. The SMILES string of the molecule is CNCc1ccc(OCc2cccc(F)c2)c(F)c1. The Morgan fingerprint density at radius 1 is 1.05 bits per heavy atom. The molecule has 0 radical (unpaired) electrons. The van der Waals surface area contributed by atoms with Crippen LogP contribution in [-0.4, -0.2) is 7.05 Å². The van der Waals surface area contributed by atoms with Gasteiger partial charge in [0.25, 0.3) is 0 Å². The Bertz CT molecular complexity index is 558. The Morgan fingerprint density at radius 3 is 2.58 bits per heavy atom. The van der Waals surface area contributed by atoms with Crippen molar-refractivity contribution in [3.8, 4) is 5.75 Å². The third-order valence-corrected chi connectivity index (χ3v) is 2.66. The van der Waals surface area contributed by atoms with Gasteiger partial charge < -0.3 is 10.1 Å². The molecule has 1 N–H and O–H groups in total. The van der Waals surface area contributed by atoms with E-state index in [9.17, 15) is 8.78 Å². The van der Waals surface area contributed by atoms with Crippen LogP contribution in [0.25, 0.3) is 0 Å². The van der Waals surface area contributed by atoms with E-state index < -0.39 is 5.82 Å². The van der Waals surface area contributed by atoms with E-state index in [1.807, 2.05) is 0 Å². The second kappa shape index (κ2) is 6.29. The lowest BCUT2D eigenvalue weighted by atomic mass is 10.2. The summed E-state index contributed by atoms with van der Waals surface area (Å²) in [5.41, 5.74) is 1.51. The van der Waals surface area contributed by atoms with Crippen LogP contribution in [0, 0.1) is 11.6 Å². The first-order valence-corrected chi connectivity index (χ1v) is 5.99. The van der Waals surface area contributed by atoms with E-state index in [1.165, 1.54) is 18.2 Å². The average molecular weight is 263 g/mol. The van der Waals surface area contributed by atoms with Gasteiger partial charge in [-0.05, 0) is 42.4 Å². The van der Waals surface area contributed by atoms with E-state index in [-0.39, 0.29) is 18.2 Å². The fourth-order valence-electron chi connectivity index (χ4n) is 1.76. The molecule has 0 amide bonds. The molecule has 0 bridgehead atoms. The van der Waals surface area contributed by atoms with E-state index in [4.69, 9.17) is 4.74 Å². The maximum absolute atomic E-state index is 13.7. The minimum atomic E-state index is -0.413. The monoisotopic (exact) mass is 263 g/mol. The molecule has 0 saturated heterocycles. The van der Waals surface area contributed by atoms with Crippen molar-refractivity contribution < 1.29 is 13.5 Å². The van der Waals surface area contributed by atoms with Gasteiger partial charge in [-0.15, -0.1) is 0 Å². The predicted molar refractivity (Wildman–Crippen MR) is 69.9 cm³/mol. The van der Waals surface area contributed by atoms with Gasteiger partial charge in [-0.25, -0.2) is 8.78 Å². The molecule has 2 rings (SSSR count). The molecule has 100 valence electrons. The molecule has 0 heterocycles. The maximum atomic E-state index is 13.7. The summed E-state index contributed by atoms with van der Waals surface area (Å²) in [5, 5.41) is 2.95. The Hall–Kier alpha value is -1.94. The molecule has 0 aliphatic heterocycles. The second-order valence-electron chi connectivity index (χ2n) is 4.21. The number of halogens is 2. The predicted octanol–water partition coefficient (Wildman–Crippen LogP) is 3.26. The van der Waals surface area contributed by atoms with E-state index in [2.05, 4.69) is 5.32 Å². The molecule has 2 nitrogen and oxygen atoms in total. The van der Waals surface area contributed by atoms with Gasteiger partial charge in [0.05, 0.1) is 0 Å². The Balaban J connectivity index is 2.03. The van der Waals surface area contributed by atoms with Gasteiger partial charge in [-0.3, -0.25) is 0 Å². The summed E-state index contributed by atoms with van der Waals surface area (Å²) in [6.45, 7) is 0.737. The van der Waals surface area contributed by atoms with Crippen molar-refractivity contribution in [2.75, 3.05) is 7.05 Å².